The molecule has 0 atom stereocenters. The Morgan fingerprint density at radius 1 is 0.582 bits per heavy atom. The molecule has 7 rings (SSSR count). The number of hydrogen-bond donors (Lipinski definition) is 2. The number of phenols is 2. The van der Waals surface area contributed by atoms with Crippen LogP contribution in [0.1, 0.15) is 90.1 Å². The Bertz CT molecular complexity index is 2490. The minimum atomic E-state index is -5.87. The third-order valence-electron chi connectivity index (χ3n) is 10.1. The van der Waals surface area contributed by atoms with Gasteiger partial charge in [0.05, 0.1) is 4.88 Å². The molecule has 6 aromatic rings. The van der Waals surface area contributed by atoms with Crippen LogP contribution in [0.2, 0.25) is 0 Å². The molecule has 55 heavy (non-hydrogen) atoms. The third kappa shape index (κ3) is 6.23. The molecule has 0 amide bonds. The molecule has 0 aliphatic heterocycles. The van der Waals surface area contributed by atoms with Crippen LogP contribution >= 0.6 is 34.0 Å². The quantitative estimate of drug-likeness (QED) is 0.135. The summed E-state index contributed by atoms with van der Waals surface area (Å²) in [5, 5.41) is 24.4. The van der Waals surface area contributed by atoms with Crippen LogP contribution in [0, 0.1) is 0 Å². The molecule has 0 bridgehead atoms. The molecule has 12 heteroatoms. The topological polar surface area (TPSA) is 53.6 Å². The molecular weight excluding hydrogens is 775 g/mol. The first-order valence-corrected chi connectivity index (χ1v) is 20.1. The number of hydrogen-bond acceptors (Lipinski definition) is 6. The van der Waals surface area contributed by atoms with Crippen LogP contribution in [0.5, 0.6) is 11.5 Å². The van der Waals surface area contributed by atoms with E-state index in [4.69, 9.17) is 4.42 Å². The monoisotopic (exact) mass is 814 g/mol. The highest BCUT2D eigenvalue weighted by molar-refractivity contribution is 7.26. The molecule has 0 unspecified atom stereocenters. The van der Waals surface area contributed by atoms with Crippen molar-refractivity contribution in [2.75, 3.05) is 0 Å². The van der Waals surface area contributed by atoms with Crippen LogP contribution in [0.4, 0.5) is 26.3 Å². The van der Waals surface area contributed by atoms with E-state index >= 15 is 26.3 Å². The van der Waals surface area contributed by atoms with E-state index in [0.717, 1.165) is 40.2 Å². The SMILES string of the molecule is CC(C)(C)c1ccc(-c2oc3cc(O)c(O)cc3c2C2=C(c3cc(-c4cc(C(C)(C)C)cs4)sc3-c3cc(C(C)(C)C)cs3)C(F)(F)C(F)(F)C2(F)F)cc1. The first-order valence-electron chi connectivity index (χ1n) is 17.6. The molecule has 3 nitrogen and oxygen atoms in total. The van der Waals surface area contributed by atoms with Crippen molar-refractivity contribution in [1.29, 1.82) is 0 Å². The standard InChI is InChI=1S/C43H40F6O3S3/c1-38(2,3)22-12-10-21(11-13-22)36-33(25-16-27(50)28(51)18-29(25)52-36)35-34(41(44,45)43(48,49)42(35,46)47)26-17-31(30-14-23(19-53-30)39(4,5)6)55-37(26)32-15-24(20-54-32)40(7,8)9/h10-20,50-51H,1-9H3. The van der Waals surface area contributed by atoms with Gasteiger partial charge < -0.3 is 14.6 Å². The zero-order valence-electron chi connectivity index (χ0n) is 31.6. The average Bonchev–Trinajstić information content (AvgIpc) is 3.88. The maximum Gasteiger partial charge on any atom is 0.380 e. The Balaban J connectivity index is 1.61. The van der Waals surface area contributed by atoms with Gasteiger partial charge in [-0.05, 0) is 68.0 Å². The summed E-state index contributed by atoms with van der Waals surface area (Å²) in [6.07, 6.45) is 0. The van der Waals surface area contributed by atoms with Gasteiger partial charge in [-0.15, -0.1) is 34.0 Å². The Labute approximate surface area is 327 Å². The van der Waals surface area contributed by atoms with Gasteiger partial charge in [0.2, 0.25) is 0 Å². The highest BCUT2D eigenvalue weighted by Crippen LogP contribution is 2.68. The van der Waals surface area contributed by atoms with E-state index in [0.29, 0.717) is 14.6 Å². The van der Waals surface area contributed by atoms with Crippen LogP contribution in [-0.4, -0.2) is 28.0 Å². The summed E-state index contributed by atoms with van der Waals surface area (Å²) in [7, 11) is 0. The number of fused-ring (bicyclic) bond motifs is 1. The van der Waals surface area contributed by atoms with Gasteiger partial charge in [-0.25, -0.2) is 0 Å². The number of benzene rings is 2. The van der Waals surface area contributed by atoms with Gasteiger partial charge >= 0.3 is 17.8 Å². The Morgan fingerprint density at radius 2 is 1.09 bits per heavy atom. The van der Waals surface area contributed by atoms with E-state index in [1.54, 1.807) is 30.3 Å². The normalized spacial score (nSPS) is 17.1. The fourth-order valence-electron chi connectivity index (χ4n) is 6.69. The smallest absolute Gasteiger partial charge is 0.380 e. The first kappa shape index (κ1) is 39.2. The molecule has 2 N–H and O–H groups in total. The minimum Gasteiger partial charge on any atom is -0.504 e. The summed E-state index contributed by atoms with van der Waals surface area (Å²) >= 11 is 3.65. The average molecular weight is 815 g/mol. The van der Waals surface area contributed by atoms with Gasteiger partial charge in [0.15, 0.2) is 11.5 Å². The summed E-state index contributed by atoms with van der Waals surface area (Å²) in [6, 6.07) is 13.4. The lowest BCUT2D eigenvalue weighted by Gasteiger charge is -2.26. The van der Waals surface area contributed by atoms with Crippen LogP contribution < -0.4 is 0 Å². The summed E-state index contributed by atoms with van der Waals surface area (Å²) in [6.45, 7) is 17.9. The summed E-state index contributed by atoms with van der Waals surface area (Å²) in [5.74, 6) is -18.5. The molecule has 0 radical (unpaired) electrons. The van der Waals surface area contributed by atoms with Crippen LogP contribution in [0.15, 0.2) is 69.8 Å². The molecule has 0 saturated carbocycles. The number of halogens is 6. The number of furan rings is 1. The zero-order chi connectivity index (χ0) is 40.4. The molecule has 2 aromatic carbocycles. The molecule has 4 heterocycles. The predicted molar refractivity (Wildman–Crippen MR) is 214 cm³/mol. The third-order valence-corrected chi connectivity index (χ3v) is 13.5. The van der Waals surface area contributed by atoms with Crippen molar-refractivity contribution >= 4 is 56.1 Å². The van der Waals surface area contributed by atoms with E-state index in [2.05, 4.69) is 0 Å². The van der Waals surface area contributed by atoms with E-state index in [-0.39, 0.29) is 37.7 Å². The number of thiophene rings is 3. The second-order valence-corrected chi connectivity index (χ2v) is 20.1. The number of aromatic hydroxyl groups is 2. The maximum absolute atomic E-state index is 16.7. The summed E-state index contributed by atoms with van der Waals surface area (Å²) in [4.78, 5) is 1.73. The molecule has 0 fully saturated rings. The Morgan fingerprint density at radius 3 is 1.64 bits per heavy atom. The molecule has 290 valence electrons. The molecule has 1 aliphatic rings. The van der Waals surface area contributed by atoms with Gasteiger partial charge in [0, 0.05) is 53.9 Å². The number of phenolic OH excluding ortho intramolecular Hbond substituents is 2. The number of rotatable bonds is 5. The van der Waals surface area contributed by atoms with Gasteiger partial charge in [-0.3, -0.25) is 0 Å². The lowest BCUT2D eigenvalue weighted by molar-refractivity contribution is -0.254. The van der Waals surface area contributed by atoms with Crippen molar-refractivity contribution in [3.05, 3.63) is 93.2 Å². The van der Waals surface area contributed by atoms with E-state index in [1.165, 1.54) is 28.7 Å². The Kier molecular flexibility index (Phi) is 8.92. The molecule has 0 saturated heterocycles. The van der Waals surface area contributed by atoms with Gasteiger partial charge in [0.25, 0.3) is 0 Å². The predicted octanol–water partition coefficient (Wildman–Crippen LogP) is 14.8. The second kappa shape index (κ2) is 12.5. The van der Waals surface area contributed by atoms with Crippen molar-refractivity contribution in [3.63, 3.8) is 0 Å². The van der Waals surface area contributed by atoms with E-state index in [9.17, 15) is 10.2 Å². The van der Waals surface area contributed by atoms with Crippen LogP contribution in [-0.2, 0) is 16.2 Å². The summed E-state index contributed by atoms with van der Waals surface area (Å²) in [5.41, 5.74) is -2.67. The van der Waals surface area contributed by atoms with E-state index < -0.39 is 57.3 Å². The van der Waals surface area contributed by atoms with Crippen molar-refractivity contribution in [2.24, 2.45) is 0 Å². The van der Waals surface area contributed by atoms with Crippen molar-refractivity contribution in [3.8, 4) is 42.3 Å². The lowest BCUT2D eigenvalue weighted by atomic mass is 9.86. The lowest BCUT2D eigenvalue weighted by Crippen LogP contribution is -2.48. The fourth-order valence-corrected chi connectivity index (χ4v) is 10.4. The number of alkyl halides is 6. The maximum atomic E-state index is 16.7. The zero-order valence-corrected chi connectivity index (χ0v) is 34.1. The molecule has 1 aliphatic carbocycles. The first-order chi connectivity index (χ1) is 25.2. The van der Waals surface area contributed by atoms with Crippen molar-refractivity contribution in [1.82, 2.24) is 0 Å². The molecular formula is C43H40F6O3S3. The van der Waals surface area contributed by atoms with E-state index in [1.807, 2.05) is 79.1 Å². The molecule has 4 aromatic heterocycles. The van der Waals surface area contributed by atoms with Gasteiger partial charge in [-0.1, -0.05) is 86.6 Å². The second-order valence-electron chi connectivity index (χ2n) is 17.2. The minimum absolute atomic E-state index is 0.145. The van der Waals surface area contributed by atoms with Crippen LogP contribution in [0.3, 0.4) is 0 Å². The van der Waals surface area contributed by atoms with Gasteiger partial charge in [-0.2, -0.15) is 26.3 Å². The van der Waals surface area contributed by atoms with Gasteiger partial charge in [0.1, 0.15) is 11.3 Å². The Hall–Kier alpha value is -4.00. The summed E-state index contributed by atoms with van der Waals surface area (Å²) < 4.78 is 105. The van der Waals surface area contributed by atoms with Crippen molar-refractivity contribution in [2.45, 2.75) is 96.3 Å². The van der Waals surface area contributed by atoms with Crippen molar-refractivity contribution < 1.29 is 41.0 Å². The molecule has 0 spiro atoms. The highest BCUT2D eigenvalue weighted by atomic mass is 32.1. The fraction of sp³-hybridized carbons (Fsp3) is 0.349. The highest BCUT2D eigenvalue weighted by Gasteiger charge is 2.81. The largest absolute Gasteiger partial charge is 0.504 e. The van der Waals surface area contributed by atoms with Crippen LogP contribution in [0.25, 0.3) is 52.9 Å². The number of allylic oxidation sites excluding steroid dienone is 2.